The van der Waals surface area contributed by atoms with Gasteiger partial charge in [-0.1, -0.05) is 43.7 Å². The Labute approximate surface area is 167 Å². The standard InChI is InChI=1S/C21H28N2O4S/c1-3-6-19-7-4-5-8-21(19)27-16-15-23-28(25,26)20-11-9-18(10-12-20)13-14-22-17(2)24/h4-5,7-12,23H,3,6,13-16H2,1-2H3,(H,22,24). The number of sulfonamides is 1. The molecule has 0 saturated heterocycles. The second-order valence-corrected chi connectivity index (χ2v) is 8.25. The SMILES string of the molecule is CCCc1ccccc1OCCNS(=O)(=O)c1ccc(CCNC(C)=O)cc1. The Bertz CT molecular complexity index is 864. The minimum Gasteiger partial charge on any atom is -0.492 e. The summed E-state index contributed by atoms with van der Waals surface area (Å²) in [4.78, 5) is 11.1. The third-order valence-electron chi connectivity index (χ3n) is 4.16. The van der Waals surface area contributed by atoms with Crippen LogP contribution in [0.15, 0.2) is 53.4 Å². The van der Waals surface area contributed by atoms with Crippen LogP contribution in [-0.2, 0) is 27.7 Å². The van der Waals surface area contributed by atoms with E-state index in [1.807, 2.05) is 24.3 Å². The molecule has 0 heterocycles. The van der Waals surface area contributed by atoms with Gasteiger partial charge in [0.1, 0.15) is 12.4 Å². The van der Waals surface area contributed by atoms with E-state index in [1.165, 1.54) is 6.92 Å². The van der Waals surface area contributed by atoms with Crippen molar-refractivity contribution in [2.24, 2.45) is 0 Å². The molecule has 7 heteroatoms. The van der Waals surface area contributed by atoms with Gasteiger partial charge in [0.15, 0.2) is 0 Å². The molecule has 0 aromatic heterocycles. The number of carbonyl (C=O) groups excluding carboxylic acids is 1. The molecule has 0 atom stereocenters. The van der Waals surface area contributed by atoms with Gasteiger partial charge in [-0.15, -0.1) is 0 Å². The Kier molecular flexibility index (Phi) is 8.47. The number of ether oxygens (including phenoxy) is 1. The van der Waals surface area contributed by atoms with Crippen molar-refractivity contribution in [3.8, 4) is 5.75 Å². The molecule has 0 aliphatic heterocycles. The van der Waals surface area contributed by atoms with E-state index in [-0.39, 0.29) is 24.0 Å². The van der Waals surface area contributed by atoms with Crippen LogP contribution in [-0.4, -0.2) is 34.0 Å². The van der Waals surface area contributed by atoms with Crippen LogP contribution in [0.5, 0.6) is 5.75 Å². The highest BCUT2D eigenvalue weighted by atomic mass is 32.2. The first-order valence-electron chi connectivity index (χ1n) is 9.46. The number of hydrogen-bond acceptors (Lipinski definition) is 4. The van der Waals surface area contributed by atoms with Gasteiger partial charge >= 0.3 is 0 Å². The van der Waals surface area contributed by atoms with Gasteiger partial charge in [-0.25, -0.2) is 13.1 Å². The minimum atomic E-state index is -3.59. The summed E-state index contributed by atoms with van der Waals surface area (Å²) in [5.74, 6) is 0.718. The lowest BCUT2D eigenvalue weighted by molar-refractivity contribution is -0.118. The van der Waals surface area contributed by atoms with Crippen LogP contribution in [0, 0.1) is 0 Å². The van der Waals surface area contributed by atoms with Crippen LogP contribution >= 0.6 is 0 Å². The van der Waals surface area contributed by atoms with E-state index in [4.69, 9.17) is 4.74 Å². The number of para-hydroxylation sites is 1. The van der Waals surface area contributed by atoms with E-state index in [0.29, 0.717) is 13.0 Å². The molecule has 0 aliphatic carbocycles. The first-order valence-corrected chi connectivity index (χ1v) is 10.9. The maximum atomic E-state index is 12.4. The smallest absolute Gasteiger partial charge is 0.240 e. The highest BCUT2D eigenvalue weighted by Gasteiger charge is 2.13. The van der Waals surface area contributed by atoms with Crippen molar-refractivity contribution >= 4 is 15.9 Å². The van der Waals surface area contributed by atoms with Crippen LogP contribution in [0.25, 0.3) is 0 Å². The molecule has 1 amide bonds. The third kappa shape index (κ3) is 6.98. The number of nitrogens with one attached hydrogen (secondary N) is 2. The van der Waals surface area contributed by atoms with Crippen molar-refractivity contribution in [1.29, 1.82) is 0 Å². The van der Waals surface area contributed by atoms with E-state index >= 15 is 0 Å². The fraction of sp³-hybridized carbons (Fsp3) is 0.381. The second-order valence-electron chi connectivity index (χ2n) is 6.48. The zero-order chi connectivity index (χ0) is 20.4. The number of hydrogen-bond donors (Lipinski definition) is 2. The average Bonchev–Trinajstić information content (AvgIpc) is 2.67. The third-order valence-corrected chi connectivity index (χ3v) is 5.64. The molecule has 2 rings (SSSR count). The predicted octanol–water partition coefficient (Wildman–Crippen LogP) is 2.68. The molecule has 2 aromatic carbocycles. The monoisotopic (exact) mass is 404 g/mol. The second kappa shape index (κ2) is 10.8. The zero-order valence-corrected chi connectivity index (χ0v) is 17.2. The van der Waals surface area contributed by atoms with Gasteiger partial charge in [-0.05, 0) is 42.2 Å². The number of amides is 1. The molecule has 0 unspecified atom stereocenters. The molecule has 6 nitrogen and oxygen atoms in total. The largest absolute Gasteiger partial charge is 0.492 e. The van der Waals surface area contributed by atoms with Crippen molar-refractivity contribution in [3.05, 3.63) is 59.7 Å². The quantitative estimate of drug-likeness (QED) is 0.564. The summed E-state index contributed by atoms with van der Waals surface area (Å²) in [5.41, 5.74) is 2.09. The Morgan fingerprint density at radius 2 is 1.71 bits per heavy atom. The molecule has 0 saturated carbocycles. The Morgan fingerprint density at radius 3 is 2.39 bits per heavy atom. The number of benzene rings is 2. The van der Waals surface area contributed by atoms with Gasteiger partial charge in [0, 0.05) is 20.0 Å². The number of aryl methyl sites for hydroxylation is 1. The van der Waals surface area contributed by atoms with Crippen molar-refractivity contribution in [2.45, 2.75) is 38.0 Å². The molecular weight excluding hydrogens is 376 g/mol. The predicted molar refractivity (Wildman–Crippen MR) is 110 cm³/mol. The highest BCUT2D eigenvalue weighted by molar-refractivity contribution is 7.89. The molecule has 28 heavy (non-hydrogen) atoms. The Hall–Kier alpha value is -2.38. The fourth-order valence-corrected chi connectivity index (χ4v) is 3.77. The average molecular weight is 405 g/mol. The van der Waals surface area contributed by atoms with E-state index in [2.05, 4.69) is 17.0 Å². The van der Waals surface area contributed by atoms with Gasteiger partial charge in [0.2, 0.25) is 15.9 Å². The first-order chi connectivity index (χ1) is 13.4. The van der Waals surface area contributed by atoms with Crippen molar-refractivity contribution < 1.29 is 17.9 Å². The maximum Gasteiger partial charge on any atom is 0.240 e. The van der Waals surface area contributed by atoms with E-state index < -0.39 is 10.0 Å². The lowest BCUT2D eigenvalue weighted by Gasteiger charge is -2.12. The summed E-state index contributed by atoms with van der Waals surface area (Å²) in [5, 5.41) is 2.72. The van der Waals surface area contributed by atoms with E-state index in [1.54, 1.807) is 24.3 Å². The highest BCUT2D eigenvalue weighted by Crippen LogP contribution is 2.19. The lowest BCUT2D eigenvalue weighted by atomic mass is 10.1. The van der Waals surface area contributed by atoms with Crippen molar-refractivity contribution in [1.82, 2.24) is 10.0 Å². The molecule has 0 aliphatic rings. The molecule has 0 radical (unpaired) electrons. The Morgan fingerprint density at radius 1 is 1.00 bits per heavy atom. The molecule has 0 bridgehead atoms. The van der Waals surface area contributed by atoms with Gasteiger partial charge in [0.25, 0.3) is 0 Å². The maximum absolute atomic E-state index is 12.4. The first kappa shape index (κ1) is 21.9. The summed E-state index contributed by atoms with van der Waals surface area (Å²) in [6.07, 6.45) is 2.60. The van der Waals surface area contributed by atoms with Crippen LogP contribution < -0.4 is 14.8 Å². The van der Waals surface area contributed by atoms with Gasteiger partial charge in [-0.2, -0.15) is 0 Å². The molecule has 2 N–H and O–H groups in total. The molecule has 0 spiro atoms. The molecule has 0 fully saturated rings. The van der Waals surface area contributed by atoms with E-state index in [9.17, 15) is 13.2 Å². The lowest BCUT2D eigenvalue weighted by Crippen LogP contribution is -2.28. The van der Waals surface area contributed by atoms with Crippen LogP contribution in [0.1, 0.15) is 31.4 Å². The summed E-state index contributed by atoms with van der Waals surface area (Å²) in [7, 11) is -3.59. The molecule has 152 valence electrons. The molecular formula is C21H28N2O4S. The van der Waals surface area contributed by atoms with Crippen LogP contribution in [0.2, 0.25) is 0 Å². The van der Waals surface area contributed by atoms with Crippen LogP contribution in [0.4, 0.5) is 0 Å². The number of rotatable bonds is 11. The fourth-order valence-electron chi connectivity index (χ4n) is 2.76. The van der Waals surface area contributed by atoms with Crippen molar-refractivity contribution in [2.75, 3.05) is 19.7 Å². The summed E-state index contributed by atoms with van der Waals surface area (Å²) < 4.78 is 33.1. The summed E-state index contributed by atoms with van der Waals surface area (Å²) >= 11 is 0. The normalized spacial score (nSPS) is 11.2. The zero-order valence-electron chi connectivity index (χ0n) is 16.4. The topological polar surface area (TPSA) is 84.5 Å². The Balaban J connectivity index is 1.84. The van der Waals surface area contributed by atoms with Gasteiger partial charge in [-0.3, -0.25) is 4.79 Å². The van der Waals surface area contributed by atoms with Gasteiger partial charge < -0.3 is 10.1 Å². The van der Waals surface area contributed by atoms with Gasteiger partial charge in [0.05, 0.1) is 4.90 Å². The summed E-state index contributed by atoms with van der Waals surface area (Å²) in [6.45, 7) is 4.54. The molecule has 2 aromatic rings. The summed E-state index contributed by atoms with van der Waals surface area (Å²) in [6, 6.07) is 14.5. The minimum absolute atomic E-state index is 0.0806. The number of carbonyl (C=O) groups is 1. The van der Waals surface area contributed by atoms with Crippen molar-refractivity contribution in [3.63, 3.8) is 0 Å². The van der Waals surface area contributed by atoms with Crippen LogP contribution in [0.3, 0.4) is 0 Å². The van der Waals surface area contributed by atoms with E-state index in [0.717, 1.165) is 29.7 Å².